The van der Waals surface area contributed by atoms with Gasteiger partial charge in [0.05, 0.1) is 10.9 Å². The highest BCUT2D eigenvalue weighted by molar-refractivity contribution is 6.78. The van der Waals surface area contributed by atoms with Crippen molar-refractivity contribution in [3.63, 3.8) is 0 Å². The lowest BCUT2D eigenvalue weighted by molar-refractivity contribution is -0.107. The normalized spacial score (nSPS) is 16.7. The summed E-state index contributed by atoms with van der Waals surface area (Å²) in [6, 6.07) is 9.52. The lowest BCUT2D eigenvalue weighted by atomic mass is 10.0. The quantitative estimate of drug-likeness (QED) is 0.718. The van der Waals surface area contributed by atoms with E-state index in [0.29, 0.717) is 16.3 Å². The van der Waals surface area contributed by atoms with E-state index in [0.717, 1.165) is 10.9 Å². The molecule has 6 heteroatoms. The number of rotatable bonds is 0. The fraction of sp³-hybridized carbons (Fsp3) is 0. The minimum atomic E-state index is -0.378. The van der Waals surface area contributed by atoms with Crippen LogP contribution in [0.1, 0.15) is 0 Å². The van der Waals surface area contributed by atoms with E-state index in [1.807, 2.05) is 30.3 Å². The first kappa shape index (κ1) is 10.5. The number of nitrogens with zero attached hydrogens (tertiary/aromatic N) is 4. The molecule has 1 aliphatic carbocycles. The van der Waals surface area contributed by atoms with Crippen LogP contribution in [-0.4, -0.2) is 16.5 Å². The number of hydrogen-bond donors (Lipinski definition) is 0. The molecule has 19 heavy (non-hydrogen) atoms. The summed E-state index contributed by atoms with van der Waals surface area (Å²) in [7, 11) is 0. The monoisotopic (exact) mass is 268 g/mol. The molecule has 90 valence electrons. The average Bonchev–Trinajstić information content (AvgIpc) is 2.93. The first-order valence-electron chi connectivity index (χ1n) is 5.59. The lowest BCUT2D eigenvalue weighted by Gasteiger charge is -2.07. The third kappa shape index (κ3) is 1.33. The van der Waals surface area contributed by atoms with Crippen LogP contribution in [0.15, 0.2) is 45.8 Å². The summed E-state index contributed by atoms with van der Waals surface area (Å²) >= 11 is 6.09. The molecule has 2 aromatic rings. The maximum absolute atomic E-state index is 12.0. The van der Waals surface area contributed by atoms with Crippen molar-refractivity contribution in [2.45, 2.75) is 0 Å². The van der Waals surface area contributed by atoms with Gasteiger partial charge in [-0.15, -0.1) is 10.2 Å². The number of benzene rings is 1. The second kappa shape index (κ2) is 3.55. The molecule has 0 radical (unpaired) electrons. The highest BCUT2D eigenvalue weighted by Gasteiger charge is 2.29. The van der Waals surface area contributed by atoms with Crippen molar-refractivity contribution < 1.29 is 4.79 Å². The van der Waals surface area contributed by atoms with E-state index in [1.54, 1.807) is 0 Å². The largest absolute Gasteiger partial charge is 0.286 e. The second-order valence-electron chi connectivity index (χ2n) is 4.21. The maximum Gasteiger partial charge on any atom is 0.229 e. The van der Waals surface area contributed by atoms with Gasteiger partial charge in [0.1, 0.15) is 10.7 Å². The number of carbonyl (C=O) groups excluding carboxylic acids is 1. The standard InChI is InChI=1S/C13H5ClN4O/c14-9-10-7(11-12(13(9)19)17-18-16-11)5-6-3-1-2-4-8(6)15-10/h1-5H. The van der Waals surface area contributed by atoms with Crippen molar-refractivity contribution >= 4 is 44.7 Å². The molecule has 1 aromatic carbocycles. The molecular weight excluding hydrogens is 264 g/mol. The molecule has 0 N–H and O–H groups in total. The number of halogens is 1. The van der Waals surface area contributed by atoms with Gasteiger partial charge in [-0.2, -0.15) is 0 Å². The summed E-state index contributed by atoms with van der Waals surface area (Å²) in [4.78, 5) is 16.5. The highest BCUT2D eigenvalue weighted by Crippen LogP contribution is 2.19. The predicted octanol–water partition coefficient (Wildman–Crippen LogP) is 1.09. The van der Waals surface area contributed by atoms with Crippen molar-refractivity contribution in [1.29, 1.82) is 0 Å². The Morgan fingerprint density at radius 2 is 2.00 bits per heavy atom. The first-order valence-corrected chi connectivity index (χ1v) is 5.97. The molecule has 0 fully saturated rings. The van der Waals surface area contributed by atoms with Gasteiger partial charge in [0.2, 0.25) is 5.78 Å². The van der Waals surface area contributed by atoms with Crippen LogP contribution in [0.3, 0.4) is 0 Å². The average molecular weight is 269 g/mol. The van der Waals surface area contributed by atoms with Gasteiger partial charge in [0.25, 0.3) is 0 Å². The number of Topliss-reactive ketones (excluding diaryl/α,β-unsaturated/α-hetero) is 1. The Bertz CT molecular complexity index is 943. The van der Waals surface area contributed by atoms with E-state index in [9.17, 15) is 4.79 Å². The van der Waals surface area contributed by atoms with Gasteiger partial charge in [0, 0.05) is 10.6 Å². The fourth-order valence-corrected chi connectivity index (χ4v) is 2.45. The van der Waals surface area contributed by atoms with Crippen molar-refractivity contribution in [2.75, 3.05) is 0 Å². The molecule has 4 rings (SSSR count). The second-order valence-corrected chi connectivity index (χ2v) is 4.58. The minimum absolute atomic E-state index is 0.0653. The summed E-state index contributed by atoms with van der Waals surface area (Å²) < 4.78 is 0. The van der Waals surface area contributed by atoms with Crippen LogP contribution in [0.4, 0.5) is 0 Å². The third-order valence-electron chi connectivity index (χ3n) is 3.12. The third-order valence-corrected chi connectivity index (χ3v) is 3.47. The zero-order valence-corrected chi connectivity index (χ0v) is 10.2. The predicted molar refractivity (Wildman–Crippen MR) is 71.0 cm³/mol. The maximum atomic E-state index is 12.0. The Morgan fingerprint density at radius 1 is 1.16 bits per heavy atom. The van der Waals surface area contributed by atoms with Crippen LogP contribution >= 0.6 is 11.6 Å². The SMILES string of the molecule is O=C1C2=NN=NC2=c2cc3ccccc3nc2=C1Cl. The molecule has 0 spiro atoms. The van der Waals surface area contributed by atoms with Crippen LogP contribution in [0, 0.1) is 0 Å². The molecule has 0 bridgehead atoms. The Kier molecular flexibility index (Phi) is 1.97. The van der Waals surface area contributed by atoms with Gasteiger partial charge in [-0.25, -0.2) is 4.98 Å². The number of aromatic nitrogens is 1. The van der Waals surface area contributed by atoms with Gasteiger partial charge >= 0.3 is 0 Å². The zero-order valence-electron chi connectivity index (χ0n) is 9.46. The van der Waals surface area contributed by atoms with Crippen molar-refractivity contribution in [1.82, 2.24) is 4.98 Å². The van der Waals surface area contributed by atoms with E-state index in [-0.39, 0.29) is 16.5 Å². The molecule has 0 amide bonds. The van der Waals surface area contributed by atoms with Crippen LogP contribution < -0.4 is 10.6 Å². The molecule has 0 unspecified atom stereocenters. The number of para-hydroxylation sites is 1. The van der Waals surface area contributed by atoms with E-state index in [1.165, 1.54) is 0 Å². The minimum Gasteiger partial charge on any atom is -0.286 e. The van der Waals surface area contributed by atoms with Crippen LogP contribution in [-0.2, 0) is 4.79 Å². The smallest absolute Gasteiger partial charge is 0.229 e. The molecule has 0 saturated heterocycles. The van der Waals surface area contributed by atoms with Crippen molar-refractivity contribution in [3.05, 3.63) is 40.9 Å². The van der Waals surface area contributed by atoms with Gasteiger partial charge in [-0.05, 0) is 17.4 Å². The molecule has 1 aliphatic heterocycles. The topological polar surface area (TPSA) is 67.0 Å². The van der Waals surface area contributed by atoms with Gasteiger partial charge in [0.15, 0.2) is 5.71 Å². The summed E-state index contributed by atoms with van der Waals surface area (Å²) in [5, 5.41) is 13.3. The first-order chi connectivity index (χ1) is 9.25. The zero-order chi connectivity index (χ0) is 13.0. The van der Waals surface area contributed by atoms with E-state index < -0.39 is 0 Å². The molecule has 0 saturated carbocycles. The number of hydrogen-bond acceptors (Lipinski definition) is 5. The Labute approximate surface area is 111 Å². The lowest BCUT2D eigenvalue weighted by Crippen LogP contribution is -2.40. The van der Waals surface area contributed by atoms with Crippen LogP contribution in [0.2, 0.25) is 0 Å². The van der Waals surface area contributed by atoms with Gasteiger partial charge in [-0.3, -0.25) is 4.79 Å². The van der Waals surface area contributed by atoms with E-state index in [4.69, 9.17) is 11.6 Å². The summed E-state index contributed by atoms with van der Waals surface area (Å²) in [5.41, 5.74) is 1.42. The fourth-order valence-electron chi connectivity index (χ4n) is 2.22. The Morgan fingerprint density at radius 3 is 2.89 bits per heavy atom. The van der Waals surface area contributed by atoms with Crippen molar-refractivity contribution in [2.24, 2.45) is 15.4 Å². The Balaban J connectivity index is 2.31. The summed E-state index contributed by atoms with van der Waals surface area (Å²) in [6.07, 6.45) is 0. The molecule has 2 aliphatic rings. The molecule has 2 heterocycles. The van der Waals surface area contributed by atoms with Crippen LogP contribution in [0.25, 0.3) is 21.6 Å². The van der Waals surface area contributed by atoms with E-state index in [2.05, 4.69) is 20.4 Å². The molecule has 1 aromatic heterocycles. The van der Waals surface area contributed by atoms with Gasteiger partial charge < -0.3 is 0 Å². The van der Waals surface area contributed by atoms with Gasteiger partial charge in [-0.1, -0.05) is 29.8 Å². The molecule has 0 atom stereocenters. The molecular formula is C13H5ClN4O. The van der Waals surface area contributed by atoms with Crippen LogP contribution in [0.5, 0.6) is 0 Å². The molecule has 5 nitrogen and oxygen atoms in total. The Hall–Kier alpha value is -2.40. The summed E-state index contributed by atoms with van der Waals surface area (Å²) in [5.74, 6) is -0.378. The summed E-state index contributed by atoms with van der Waals surface area (Å²) in [6.45, 7) is 0. The number of ketones is 1. The number of fused-ring (bicyclic) bond motifs is 3. The van der Waals surface area contributed by atoms with Crippen molar-refractivity contribution in [3.8, 4) is 0 Å². The van der Waals surface area contributed by atoms with E-state index >= 15 is 0 Å². The number of pyridine rings is 1. The highest BCUT2D eigenvalue weighted by atomic mass is 35.5. The number of carbonyl (C=O) groups is 1.